The fourth-order valence-electron chi connectivity index (χ4n) is 3.08. The number of hydrogen-bond acceptors (Lipinski definition) is 3. The van der Waals surface area contributed by atoms with E-state index in [9.17, 15) is 0 Å². The van der Waals surface area contributed by atoms with Gasteiger partial charge in [0.2, 0.25) is 5.95 Å². The highest BCUT2D eigenvalue weighted by atomic mass is 15.3. The van der Waals surface area contributed by atoms with Gasteiger partial charge in [-0.05, 0) is 18.8 Å². The molecule has 2 unspecified atom stereocenters. The van der Waals surface area contributed by atoms with Gasteiger partial charge in [-0.1, -0.05) is 6.08 Å². The first-order chi connectivity index (χ1) is 8.28. The lowest BCUT2D eigenvalue weighted by Gasteiger charge is -2.19. The normalized spacial score (nSPS) is 27.5. The first-order valence-corrected chi connectivity index (χ1v) is 6.38. The van der Waals surface area contributed by atoms with E-state index in [0.29, 0.717) is 0 Å². The van der Waals surface area contributed by atoms with E-state index in [4.69, 9.17) is 0 Å². The summed E-state index contributed by atoms with van der Waals surface area (Å²) in [5, 5.41) is 3.47. The number of fused-ring (bicyclic) bond motifs is 1. The van der Waals surface area contributed by atoms with E-state index in [0.717, 1.165) is 43.1 Å². The van der Waals surface area contributed by atoms with Crippen molar-refractivity contribution in [2.45, 2.75) is 13.5 Å². The number of rotatable bonds is 3. The Bertz CT molecular complexity index is 411. The van der Waals surface area contributed by atoms with Crippen LogP contribution >= 0.6 is 0 Å². The molecule has 3 rings (SSSR count). The molecule has 2 atom stereocenters. The van der Waals surface area contributed by atoms with Crippen molar-refractivity contribution in [3.63, 3.8) is 0 Å². The molecule has 0 aliphatic carbocycles. The van der Waals surface area contributed by atoms with Crippen molar-refractivity contribution < 1.29 is 0 Å². The average molecular weight is 232 g/mol. The summed E-state index contributed by atoms with van der Waals surface area (Å²) >= 11 is 0. The van der Waals surface area contributed by atoms with Crippen molar-refractivity contribution in [1.82, 2.24) is 14.9 Å². The Morgan fingerprint density at radius 2 is 2.18 bits per heavy atom. The van der Waals surface area contributed by atoms with Crippen LogP contribution in [0, 0.1) is 18.8 Å². The van der Waals surface area contributed by atoms with Crippen molar-refractivity contribution >= 4 is 5.95 Å². The van der Waals surface area contributed by atoms with Crippen LogP contribution in [0.4, 0.5) is 5.95 Å². The van der Waals surface area contributed by atoms with Crippen molar-refractivity contribution in [1.29, 1.82) is 0 Å². The summed E-state index contributed by atoms with van der Waals surface area (Å²) in [5.74, 6) is 2.74. The standard InChI is InChI=1S/C13H20N4/c1-3-4-16-7-10(2)15-13(16)17-8-11-5-14-6-12(11)9-17/h3,7,11-12,14H,1,4-6,8-9H2,2H3. The van der Waals surface area contributed by atoms with Crippen LogP contribution in [0.15, 0.2) is 18.9 Å². The second-order valence-corrected chi connectivity index (χ2v) is 5.21. The van der Waals surface area contributed by atoms with E-state index in [2.05, 4.69) is 39.5 Å². The molecule has 2 fully saturated rings. The average Bonchev–Trinajstić information content (AvgIpc) is 2.91. The highest BCUT2D eigenvalue weighted by Crippen LogP contribution is 2.30. The molecule has 0 saturated carbocycles. The molecule has 0 spiro atoms. The molecular weight excluding hydrogens is 212 g/mol. The highest BCUT2D eigenvalue weighted by molar-refractivity contribution is 5.36. The lowest BCUT2D eigenvalue weighted by Crippen LogP contribution is -2.27. The quantitative estimate of drug-likeness (QED) is 0.790. The van der Waals surface area contributed by atoms with Gasteiger partial charge < -0.3 is 14.8 Å². The smallest absolute Gasteiger partial charge is 0.206 e. The number of allylic oxidation sites excluding steroid dienone is 1. The number of anilines is 1. The van der Waals surface area contributed by atoms with Gasteiger partial charge in [0.05, 0.1) is 5.69 Å². The van der Waals surface area contributed by atoms with E-state index in [-0.39, 0.29) is 0 Å². The lowest BCUT2D eigenvalue weighted by atomic mass is 10.0. The van der Waals surface area contributed by atoms with E-state index in [1.54, 1.807) is 0 Å². The molecule has 92 valence electrons. The Hall–Kier alpha value is -1.29. The van der Waals surface area contributed by atoms with Gasteiger partial charge in [0, 0.05) is 38.9 Å². The monoisotopic (exact) mass is 232 g/mol. The lowest BCUT2D eigenvalue weighted by molar-refractivity contribution is 0.533. The Morgan fingerprint density at radius 3 is 2.82 bits per heavy atom. The van der Waals surface area contributed by atoms with Crippen molar-refractivity contribution in [2.24, 2.45) is 11.8 Å². The third-order valence-electron chi connectivity index (χ3n) is 3.87. The minimum absolute atomic E-state index is 0.809. The van der Waals surface area contributed by atoms with Crippen molar-refractivity contribution in [3.8, 4) is 0 Å². The molecule has 1 aromatic heterocycles. The van der Waals surface area contributed by atoms with Crippen LogP contribution in [0.1, 0.15) is 5.69 Å². The summed E-state index contributed by atoms with van der Waals surface area (Å²) in [5.41, 5.74) is 1.09. The Balaban J connectivity index is 1.82. The summed E-state index contributed by atoms with van der Waals surface area (Å²) in [7, 11) is 0. The Labute approximate surface area is 102 Å². The topological polar surface area (TPSA) is 33.1 Å². The van der Waals surface area contributed by atoms with Gasteiger partial charge in [-0.2, -0.15) is 0 Å². The van der Waals surface area contributed by atoms with Gasteiger partial charge in [-0.15, -0.1) is 6.58 Å². The van der Waals surface area contributed by atoms with Crippen LogP contribution in [0.25, 0.3) is 0 Å². The maximum Gasteiger partial charge on any atom is 0.206 e. The maximum atomic E-state index is 4.66. The Morgan fingerprint density at radius 1 is 1.47 bits per heavy atom. The predicted octanol–water partition coefficient (Wildman–Crippen LogP) is 1.03. The van der Waals surface area contributed by atoms with Crippen LogP contribution in [0.2, 0.25) is 0 Å². The first-order valence-electron chi connectivity index (χ1n) is 6.38. The van der Waals surface area contributed by atoms with Gasteiger partial charge in [-0.25, -0.2) is 4.98 Å². The van der Waals surface area contributed by atoms with Crippen LogP contribution in [-0.4, -0.2) is 35.7 Å². The molecule has 0 radical (unpaired) electrons. The Kier molecular flexibility index (Phi) is 2.67. The van der Waals surface area contributed by atoms with E-state index in [1.807, 2.05) is 6.08 Å². The molecule has 2 saturated heterocycles. The summed E-state index contributed by atoms with van der Waals surface area (Å²) in [6.45, 7) is 11.3. The molecule has 4 nitrogen and oxygen atoms in total. The molecule has 3 heterocycles. The summed E-state index contributed by atoms with van der Waals surface area (Å²) in [6.07, 6.45) is 4.05. The van der Waals surface area contributed by atoms with Gasteiger partial charge in [0.15, 0.2) is 0 Å². The van der Waals surface area contributed by atoms with Crippen LogP contribution in [0.5, 0.6) is 0 Å². The first kappa shape index (κ1) is 10.8. The highest BCUT2D eigenvalue weighted by Gasteiger charge is 2.37. The van der Waals surface area contributed by atoms with Gasteiger partial charge >= 0.3 is 0 Å². The molecule has 2 aliphatic heterocycles. The number of hydrogen-bond donors (Lipinski definition) is 1. The van der Waals surface area contributed by atoms with Crippen LogP contribution < -0.4 is 10.2 Å². The summed E-state index contributed by atoms with van der Waals surface area (Å²) in [6, 6.07) is 0. The molecule has 17 heavy (non-hydrogen) atoms. The molecule has 0 aromatic carbocycles. The number of aryl methyl sites for hydroxylation is 1. The minimum atomic E-state index is 0.809. The van der Waals surface area contributed by atoms with Gasteiger partial charge in [-0.3, -0.25) is 0 Å². The molecule has 2 aliphatic rings. The second kappa shape index (κ2) is 4.18. The number of nitrogens with zero attached hydrogens (tertiary/aromatic N) is 3. The zero-order valence-corrected chi connectivity index (χ0v) is 10.4. The van der Waals surface area contributed by atoms with Gasteiger partial charge in [0.25, 0.3) is 0 Å². The molecule has 4 heteroatoms. The zero-order chi connectivity index (χ0) is 11.8. The van der Waals surface area contributed by atoms with E-state index < -0.39 is 0 Å². The van der Waals surface area contributed by atoms with E-state index in [1.165, 1.54) is 13.1 Å². The molecule has 1 N–H and O–H groups in total. The predicted molar refractivity (Wildman–Crippen MR) is 69.2 cm³/mol. The summed E-state index contributed by atoms with van der Waals surface area (Å²) < 4.78 is 2.21. The fraction of sp³-hybridized carbons (Fsp3) is 0.615. The molecular formula is C13H20N4. The molecule has 1 aromatic rings. The SMILES string of the molecule is C=CCn1cc(C)nc1N1CC2CNCC2C1. The zero-order valence-electron chi connectivity index (χ0n) is 10.4. The van der Waals surface area contributed by atoms with E-state index >= 15 is 0 Å². The number of nitrogens with one attached hydrogen (secondary N) is 1. The van der Waals surface area contributed by atoms with Crippen molar-refractivity contribution in [2.75, 3.05) is 31.1 Å². The maximum absolute atomic E-state index is 4.66. The summed E-state index contributed by atoms with van der Waals surface area (Å²) in [4.78, 5) is 7.10. The largest absolute Gasteiger partial charge is 0.342 e. The fourth-order valence-corrected chi connectivity index (χ4v) is 3.08. The minimum Gasteiger partial charge on any atom is -0.342 e. The van der Waals surface area contributed by atoms with Crippen LogP contribution in [0.3, 0.4) is 0 Å². The second-order valence-electron chi connectivity index (χ2n) is 5.21. The third kappa shape index (κ3) is 1.86. The third-order valence-corrected chi connectivity index (χ3v) is 3.87. The number of aromatic nitrogens is 2. The molecule has 0 bridgehead atoms. The van der Waals surface area contributed by atoms with Gasteiger partial charge in [0.1, 0.15) is 0 Å². The number of imidazole rings is 1. The molecule has 0 amide bonds. The van der Waals surface area contributed by atoms with Crippen molar-refractivity contribution in [3.05, 3.63) is 24.5 Å². The van der Waals surface area contributed by atoms with Crippen LogP contribution in [-0.2, 0) is 6.54 Å².